The Bertz CT molecular complexity index is 613. The number of ether oxygens (including phenoxy) is 1. The van der Waals surface area contributed by atoms with E-state index in [2.05, 4.69) is 30.9 Å². The van der Waals surface area contributed by atoms with Gasteiger partial charge in [-0.3, -0.25) is 10.1 Å². The third-order valence-electron chi connectivity index (χ3n) is 2.20. The zero-order valence-corrected chi connectivity index (χ0v) is 11.2. The molecule has 2 rings (SSSR count). The molecule has 10 heteroatoms. The van der Waals surface area contributed by atoms with Crippen molar-refractivity contribution in [3.63, 3.8) is 0 Å². The molecule has 10 nitrogen and oxygen atoms in total. The summed E-state index contributed by atoms with van der Waals surface area (Å²) in [5.74, 6) is 0.254. The number of carbonyl (C=O) groups excluding carboxylic acids is 2. The number of rotatable bonds is 5. The van der Waals surface area contributed by atoms with Gasteiger partial charge < -0.3 is 10.1 Å². The molecule has 2 aromatic rings. The van der Waals surface area contributed by atoms with Gasteiger partial charge in [-0.05, 0) is 13.0 Å². The quantitative estimate of drug-likeness (QED) is 0.810. The van der Waals surface area contributed by atoms with Crippen LogP contribution >= 0.6 is 0 Å². The van der Waals surface area contributed by atoms with Crippen LogP contribution < -0.4 is 10.6 Å². The molecule has 0 saturated carbocycles. The molecule has 0 atom stereocenters. The Hall–Kier alpha value is -3.04. The van der Waals surface area contributed by atoms with Crippen LogP contribution in [0.5, 0.6) is 0 Å². The van der Waals surface area contributed by atoms with Crippen molar-refractivity contribution in [2.75, 3.05) is 17.2 Å². The van der Waals surface area contributed by atoms with Crippen molar-refractivity contribution >= 4 is 23.6 Å². The fraction of sp³-hybridized carbons (Fsp3) is 0.273. The van der Waals surface area contributed by atoms with E-state index in [1.54, 1.807) is 13.0 Å². The van der Waals surface area contributed by atoms with Crippen LogP contribution in [0.4, 0.5) is 16.4 Å². The van der Waals surface area contributed by atoms with E-state index in [0.29, 0.717) is 5.82 Å². The number of carbonyl (C=O) groups is 2. The van der Waals surface area contributed by atoms with Gasteiger partial charge in [-0.1, -0.05) is 5.21 Å². The first kappa shape index (κ1) is 14.4. The average Bonchev–Trinajstić information content (AvgIpc) is 2.87. The molecular weight excluding hydrogens is 278 g/mol. The maximum atomic E-state index is 11.7. The van der Waals surface area contributed by atoms with Gasteiger partial charge in [0.25, 0.3) is 0 Å². The smallest absolute Gasteiger partial charge is 0.412 e. The summed E-state index contributed by atoms with van der Waals surface area (Å²) in [6.07, 6.45) is 3.62. The van der Waals surface area contributed by atoms with Crippen LogP contribution in [-0.2, 0) is 16.1 Å². The van der Waals surface area contributed by atoms with Crippen molar-refractivity contribution in [1.82, 2.24) is 25.0 Å². The SMILES string of the molecule is CCOC(=O)Nc1cn(CC(=O)Nc2ccncn2)nn1. The summed E-state index contributed by atoms with van der Waals surface area (Å²) in [4.78, 5) is 30.5. The molecule has 0 aliphatic rings. The van der Waals surface area contributed by atoms with E-state index in [9.17, 15) is 9.59 Å². The van der Waals surface area contributed by atoms with Gasteiger partial charge in [-0.15, -0.1) is 5.10 Å². The summed E-state index contributed by atoms with van der Waals surface area (Å²) in [6, 6.07) is 1.56. The number of amides is 2. The molecule has 2 N–H and O–H groups in total. The average molecular weight is 291 g/mol. The minimum atomic E-state index is -0.630. The first-order valence-corrected chi connectivity index (χ1v) is 6.07. The zero-order valence-electron chi connectivity index (χ0n) is 11.2. The van der Waals surface area contributed by atoms with Crippen LogP contribution in [-0.4, -0.2) is 43.6 Å². The molecule has 0 unspecified atom stereocenters. The van der Waals surface area contributed by atoms with Crippen molar-refractivity contribution in [3.8, 4) is 0 Å². The maximum Gasteiger partial charge on any atom is 0.412 e. The van der Waals surface area contributed by atoms with E-state index >= 15 is 0 Å². The molecule has 0 radical (unpaired) electrons. The molecule has 0 fully saturated rings. The lowest BCUT2D eigenvalue weighted by atomic mass is 10.5. The highest BCUT2D eigenvalue weighted by Gasteiger charge is 2.09. The van der Waals surface area contributed by atoms with Crippen molar-refractivity contribution < 1.29 is 14.3 Å². The van der Waals surface area contributed by atoms with Gasteiger partial charge >= 0.3 is 6.09 Å². The van der Waals surface area contributed by atoms with Crippen LogP contribution in [0.15, 0.2) is 24.8 Å². The first-order chi connectivity index (χ1) is 10.2. The highest BCUT2D eigenvalue weighted by molar-refractivity contribution is 5.89. The van der Waals surface area contributed by atoms with Crippen molar-refractivity contribution in [3.05, 3.63) is 24.8 Å². The lowest BCUT2D eigenvalue weighted by Crippen LogP contribution is -2.19. The number of hydrogen-bond donors (Lipinski definition) is 2. The molecule has 0 aromatic carbocycles. The molecule has 0 aliphatic heterocycles. The Morgan fingerprint density at radius 3 is 2.90 bits per heavy atom. The molecule has 0 saturated heterocycles. The standard InChI is InChI=1S/C11H13N7O3/c1-2-21-11(20)15-9-5-18(17-16-9)6-10(19)14-8-3-4-12-7-13-8/h3-5,7H,2,6H2,1H3,(H,15,20)(H,12,13,14,19). The molecule has 21 heavy (non-hydrogen) atoms. The van der Waals surface area contributed by atoms with E-state index in [4.69, 9.17) is 4.74 Å². The van der Waals surface area contributed by atoms with Gasteiger partial charge in [0.15, 0.2) is 5.82 Å². The predicted octanol–water partition coefficient (Wildman–Crippen LogP) is 0.275. The van der Waals surface area contributed by atoms with E-state index in [0.717, 1.165) is 0 Å². The number of anilines is 2. The summed E-state index contributed by atoms with van der Waals surface area (Å²) in [5.41, 5.74) is 0. The Kier molecular flexibility index (Phi) is 4.75. The van der Waals surface area contributed by atoms with Gasteiger partial charge in [-0.2, -0.15) is 0 Å². The van der Waals surface area contributed by atoms with Gasteiger partial charge in [0, 0.05) is 6.20 Å². The summed E-state index contributed by atoms with van der Waals surface area (Å²) < 4.78 is 5.97. The molecule has 2 heterocycles. The summed E-state index contributed by atoms with van der Waals surface area (Å²) in [7, 11) is 0. The number of hydrogen-bond acceptors (Lipinski definition) is 7. The third-order valence-corrected chi connectivity index (χ3v) is 2.20. The Balaban J connectivity index is 1.87. The largest absolute Gasteiger partial charge is 0.450 e. The normalized spacial score (nSPS) is 9.95. The zero-order chi connectivity index (χ0) is 15.1. The Labute approximate surface area is 119 Å². The van der Waals surface area contributed by atoms with E-state index in [-0.39, 0.29) is 24.9 Å². The minimum Gasteiger partial charge on any atom is -0.450 e. The topological polar surface area (TPSA) is 124 Å². The summed E-state index contributed by atoms with van der Waals surface area (Å²) >= 11 is 0. The lowest BCUT2D eigenvalue weighted by molar-refractivity contribution is -0.116. The minimum absolute atomic E-state index is 0.0679. The van der Waals surface area contributed by atoms with Crippen molar-refractivity contribution in [1.29, 1.82) is 0 Å². The second kappa shape index (κ2) is 6.93. The fourth-order valence-corrected chi connectivity index (χ4v) is 1.40. The molecule has 2 amide bonds. The lowest BCUT2D eigenvalue weighted by Gasteiger charge is -2.03. The van der Waals surface area contributed by atoms with E-state index < -0.39 is 6.09 Å². The molecule has 2 aromatic heterocycles. The molecule has 110 valence electrons. The van der Waals surface area contributed by atoms with Crippen LogP contribution in [0.1, 0.15) is 6.92 Å². The molecular formula is C11H13N7O3. The summed E-state index contributed by atoms with van der Waals surface area (Å²) in [6.45, 7) is 1.87. The van der Waals surface area contributed by atoms with Crippen molar-refractivity contribution in [2.24, 2.45) is 0 Å². The monoisotopic (exact) mass is 291 g/mol. The predicted molar refractivity (Wildman–Crippen MR) is 71.3 cm³/mol. The van der Waals surface area contributed by atoms with Crippen LogP contribution in [0.2, 0.25) is 0 Å². The van der Waals surface area contributed by atoms with Crippen LogP contribution in [0, 0.1) is 0 Å². The molecule has 0 spiro atoms. The highest BCUT2D eigenvalue weighted by Crippen LogP contribution is 2.02. The molecule has 0 bridgehead atoms. The van der Waals surface area contributed by atoms with Crippen molar-refractivity contribution in [2.45, 2.75) is 13.5 Å². The highest BCUT2D eigenvalue weighted by atomic mass is 16.5. The van der Waals surface area contributed by atoms with Gasteiger partial charge in [-0.25, -0.2) is 19.4 Å². The van der Waals surface area contributed by atoms with E-state index in [1.807, 2.05) is 0 Å². The Morgan fingerprint density at radius 2 is 2.19 bits per heavy atom. The fourth-order valence-electron chi connectivity index (χ4n) is 1.40. The number of nitrogens with zero attached hydrogens (tertiary/aromatic N) is 5. The second-order valence-electron chi connectivity index (χ2n) is 3.79. The first-order valence-electron chi connectivity index (χ1n) is 6.07. The summed E-state index contributed by atoms with van der Waals surface area (Å²) in [5, 5.41) is 12.4. The number of aromatic nitrogens is 5. The van der Waals surface area contributed by atoms with Gasteiger partial charge in [0.1, 0.15) is 18.7 Å². The van der Waals surface area contributed by atoms with Crippen LogP contribution in [0.25, 0.3) is 0 Å². The maximum absolute atomic E-state index is 11.7. The molecule has 0 aliphatic carbocycles. The Morgan fingerprint density at radius 1 is 1.33 bits per heavy atom. The van der Waals surface area contributed by atoms with Crippen LogP contribution in [0.3, 0.4) is 0 Å². The van der Waals surface area contributed by atoms with E-state index in [1.165, 1.54) is 23.4 Å². The van der Waals surface area contributed by atoms with Gasteiger partial charge in [0.05, 0.1) is 12.8 Å². The second-order valence-corrected chi connectivity index (χ2v) is 3.79. The third kappa shape index (κ3) is 4.53. The number of nitrogens with one attached hydrogen (secondary N) is 2. The van der Waals surface area contributed by atoms with Gasteiger partial charge in [0.2, 0.25) is 5.91 Å².